The molecule has 114 valence electrons. The SMILES string of the molecule is Cc1nc(C)c(-c2nn(C3CCS(=O)(=O)C3)c(N)c2C)s1. The van der Waals surface area contributed by atoms with Crippen molar-refractivity contribution < 1.29 is 8.42 Å². The zero-order valence-corrected chi connectivity index (χ0v) is 13.9. The fraction of sp³-hybridized carbons (Fsp3) is 0.538. The van der Waals surface area contributed by atoms with Gasteiger partial charge in [0.2, 0.25) is 0 Å². The Balaban J connectivity index is 2.06. The van der Waals surface area contributed by atoms with Crippen LogP contribution in [0, 0.1) is 20.8 Å². The summed E-state index contributed by atoms with van der Waals surface area (Å²) < 4.78 is 25.0. The number of nitrogens with zero attached hydrogens (tertiary/aromatic N) is 3. The van der Waals surface area contributed by atoms with Crippen LogP contribution in [0.1, 0.15) is 28.7 Å². The van der Waals surface area contributed by atoms with E-state index < -0.39 is 9.84 Å². The molecule has 1 aliphatic rings. The van der Waals surface area contributed by atoms with E-state index in [4.69, 9.17) is 5.73 Å². The highest BCUT2D eigenvalue weighted by molar-refractivity contribution is 7.91. The Morgan fingerprint density at radius 3 is 2.57 bits per heavy atom. The lowest BCUT2D eigenvalue weighted by molar-refractivity contribution is 0.508. The summed E-state index contributed by atoms with van der Waals surface area (Å²) in [5.41, 5.74) is 8.80. The van der Waals surface area contributed by atoms with E-state index in [2.05, 4.69) is 10.1 Å². The summed E-state index contributed by atoms with van der Waals surface area (Å²) in [5.74, 6) is 0.889. The molecule has 1 aliphatic heterocycles. The van der Waals surface area contributed by atoms with Crippen LogP contribution >= 0.6 is 11.3 Å². The van der Waals surface area contributed by atoms with Crippen LogP contribution in [-0.4, -0.2) is 34.7 Å². The molecule has 6 nitrogen and oxygen atoms in total. The Morgan fingerprint density at radius 1 is 1.33 bits per heavy atom. The first-order valence-corrected chi connectivity index (χ1v) is 9.41. The van der Waals surface area contributed by atoms with Gasteiger partial charge < -0.3 is 5.73 Å². The molecule has 0 aliphatic carbocycles. The quantitative estimate of drug-likeness (QED) is 0.910. The van der Waals surface area contributed by atoms with Gasteiger partial charge in [-0.3, -0.25) is 0 Å². The van der Waals surface area contributed by atoms with Gasteiger partial charge in [-0.2, -0.15) is 5.10 Å². The molecule has 2 N–H and O–H groups in total. The molecule has 3 rings (SSSR count). The van der Waals surface area contributed by atoms with Crippen LogP contribution in [0.15, 0.2) is 0 Å². The number of aryl methyl sites for hydroxylation is 2. The Bertz CT molecular complexity index is 804. The van der Waals surface area contributed by atoms with E-state index in [9.17, 15) is 8.42 Å². The van der Waals surface area contributed by atoms with Crippen LogP contribution in [-0.2, 0) is 9.84 Å². The maximum atomic E-state index is 11.7. The van der Waals surface area contributed by atoms with Crippen LogP contribution in [0.4, 0.5) is 5.82 Å². The van der Waals surface area contributed by atoms with Crippen LogP contribution in [0.5, 0.6) is 0 Å². The topological polar surface area (TPSA) is 90.9 Å². The van der Waals surface area contributed by atoms with Gasteiger partial charge in [-0.1, -0.05) is 0 Å². The molecule has 0 amide bonds. The number of aromatic nitrogens is 3. The predicted molar refractivity (Wildman–Crippen MR) is 84.3 cm³/mol. The number of rotatable bonds is 2. The van der Waals surface area contributed by atoms with Crippen molar-refractivity contribution in [3.05, 3.63) is 16.3 Å². The van der Waals surface area contributed by atoms with Gasteiger partial charge in [0.25, 0.3) is 0 Å². The molecule has 8 heteroatoms. The standard InChI is InChI=1S/C13H18N4O2S2/c1-7-11(12-8(2)15-9(3)20-12)16-17(13(7)14)10-4-5-21(18,19)6-10/h10H,4-6,14H2,1-3H3. The van der Waals surface area contributed by atoms with Crippen LogP contribution in [0.3, 0.4) is 0 Å². The number of nitrogens with two attached hydrogens (primary N) is 1. The molecule has 0 spiro atoms. The van der Waals surface area contributed by atoms with Crippen molar-refractivity contribution in [1.82, 2.24) is 14.8 Å². The lowest BCUT2D eigenvalue weighted by Gasteiger charge is -2.10. The molecule has 21 heavy (non-hydrogen) atoms. The van der Waals surface area contributed by atoms with E-state index in [1.165, 1.54) is 0 Å². The molecule has 3 heterocycles. The second-order valence-electron chi connectivity index (χ2n) is 5.51. The number of sulfone groups is 1. The summed E-state index contributed by atoms with van der Waals surface area (Å²) in [6, 6.07) is -0.156. The average molecular weight is 326 g/mol. The molecule has 2 aromatic rings. The molecule has 0 bridgehead atoms. The normalized spacial score (nSPS) is 21.0. The number of hydrogen-bond donors (Lipinski definition) is 1. The number of nitrogen functional groups attached to an aromatic ring is 1. The summed E-state index contributed by atoms with van der Waals surface area (Å²) in [6.07, 6.45) is 0.577. The maximum absolute atomic E-state index is 11.7. The second kappa shape index (κ2) is 4.81. The number of anilines is 1. The third-order valence-electron chi connectivity index (χ3n) is 3.87. The Hall–Kier alpha value is -1.41. The number of thiazole rings is 1. The molecule has 0 saturated carbocycles. The molecule has 1 atom stereocenters. The third-order valence-corrected chi connectivity index (χ3v) is 6.70. The Labute approximate surface area is 127 Å². The molecular formula is C13H18N4O2S2. The summed E-state index contributed by atoms with van der Waals surface area (Å²) in [4.78, 5) is 5.43. The summed E-state index contributed by atoms with van der Waals surface area (Å²) in [6.45, 7) is 5.83. The molecule has 0 radical (unpaired) electrons. The minimum Gasteiger partial charge on any atom is -0.384 e. The van der Waals surface area contributed by atoms with Crippen molar-refractivity contribution in [3.63, 3.8) is 0 Å². The van der Waals surface area contributed by atoms with E-state index in [1.54, 1.807) is 16.0 Å². The van der Waals surface area contributed by atoms with Crippen LogP contribution in [0.2, 0.25) is 0 Å². The van der Waals surface area contributed by atoms with Gasteiger partial charge in [0.15, 0.2) is 9.84 Å². The summed E-state index contributed by atoms with van der Waals surface area (Å²) >= 11 is 1.59. The monoisotopic (exact) mass is 326 g/mol. The smallest absolute Gasteiger partial charge is 0.152 e. The fourth-order valence-corrected chi connectivity index (χ4v) is 5.40. The molecule has 2 aromatic heterocycles. The summed E-state index contributed by atoms with van der Waals surface area (Å²) in [5, 5.41) is 5.58. The van der Waals surface area contributed by atoms with E-state index in [0.717, 1.165) is 26.8 Å². The van der Waals surface area contributed by atoms with Gasteiger partial charge in [-0.15, -0.1) is 11.3 Å². The minimum atomic E-state index is -2.96. The zero-order valence-electron chi connectivity index (χ0n) is 12.3. The largest absolute Gasteiger partial charge is 0.384 e. The first-order chi connectivity index (χ1) is 9.78. The first-order valence-electron chi connectivity index (χ1n) is 6.78. The number of hydrogen-bond acceptors (Lipinski definition) is 6. The maximum Gasteiger partial charge on any atom is 0.152 e. The molecule has 1 unspecified atom stereocenters. The van der Waals surface area contributed by atoms with Crippen molar-refractivity contribution in [2.75, 3.05) is 17.2 Å². The third kappa shape index (κ3) is 2.46. The highest BCUT2D eigenvalue weighted by Gasteiger charge is 2.32. The average Bonchev–Trinajstić information content (AvgIpc) is 2.99. The van der Waals surface area contributed by atoms with Gasteiger partial charge in [0.1, 0.15) is 11.5 Å². The predicted octanol–water partition coefficient (Wildman–Crippen LogP) is 1.87. The molecule has 1 saturated heterocycles. The second-order valence-corrected chi connectivity index (χ2v) is 8.94. The van der Waals surface area contributed by atoms with Crippen molar-refractivity contribution >= 4 is 27.0 Å². The van der Waals surface area contributed by atoms with E-state index >= 15 is 0 Å². The van der Waals surface area contributed by atoms with Gasteiger partial charge in [0.05, 0.1) is 33.1 Å². The highest BCUT2D eigenvalue weighted by atomic mass is 32.2. The first kappa shape index (κ1) is 14.5. The van der Waals surface area contributed by atoms with Crippen LogP contribution in [0.25, 0.3) is 10.6 Å². The van der Waals surface area contributed by atoms with Crippen molar-refractivity contribution in [1.29, 1.82) is 0 Å². The Kier molecular flexibility index (Phi) is 3.32. The molecular weight excluding hydrogens is 308 g/mol. The summed E-state index contributed by atoms with van der Waals surface area (Å²) in [7, 11) is -2.96. The Morgan fingerprint density at radius 2 is 2.05 bits per heavy atom. The zero-order chi connectivity index (χ0) is 15.4. The van der Waals surface area contributed by atoms with Crippen molar-refractivity contribution in [3.8, 4) is 10.6 Å². The van der Waals surface area contributed by atoms with Gasteiger partial charge >= 0.3 is 0 Å². The lowest BCUT2D eigenvalue weighted by Crippen LogP contribution is -2.14. The highest BCUT2D eigenvalue weighted by Crippen LogP contribution is 2.36. The van der Waals surface area contributed by atoms with E-state index in [-0.39, 0.29) is 17.5 Å². The molecule has 1 fully saturated rings. The van der Waals surface area contributed by atoms with E-state index in [1.807, 2.05) is 20.8 Å². The lowest BCUT2D eigenvalue weighted by atomic mass is 10.2. The van der Waals surface area contributed by atoms with Gasteiger partial charge in [0, 0.05) is 5.56 Å². The van der Waals surface area contributed by atoms with Crippen molar-refractivity contribution in [2.24, 2.45) is 0 Å². The minimum absolute atomic E-state index is 0.123. The van der Waals surface area contributed by atoms with Gasteiger partial charge in [-0.25, -0.2) is 18.1 Å². The van der Waals surface area contributed by atoms with Crippen LogP contribution < -0.4 is 5.73 Å². The van der Waals surface area contributed by atoms with Crippen molar-refractivity contribution in [2.45, 2.75) is 33.2 Å². The van der Waals surface area contributed by atoms with Gasteiger partial charge in [-0.05, 0) is 27.2 Å². The fourth-order valence-electron chi connectivity index (χ4n) is 2.74. The van der Waals surface area contributed by atoms with E-state index in [0.29, 0.717) is 12.2 Å². The molecule has 0 aromatic carbocycles.